The van der Waals surface area contributed by atoms with Crippen LogP contribution in [0.1, 0.15) is 5.56 Å². The Kier molecular flexibility index (Phi) is 3.62. The average Bonchev–Trinajstić information content (AvgIpc) is 2.89. The molecule has 3 rings (SSSR count). The summed E-state index contributed by atoms with van der Waals surface area (Å²) < 4.78 is 6.91. The number of aromatic nitrogens is 3. The van der Waals surface area contributed by atoms with E-state index in [2.05, 4.69) is 10.1 Å². The molecule has 0 saturated carbocycles. The molecule has 0 amide bonds. The highest BCUT2D eigenvalue weighted by Gasteiger charge is 2.14. The standard InChI is InChI=1S/C16H14ClN3O/c1-11-5-3-4-6-14(11)15-18-16(17)19-20(15)12-7-9-13(21-2)10-8-12/h3-10H,1-2H3. The van der Waals surface area contributed by atoms with Crippen molar-refractivity contribution in [1.82, 2.24) is 14.8 Å². The van der Waals surface area contributed by atoms with Crippen molar-refractivity contribution in [3.8, 4) is 22.8 Å². The molecule has 0 saturated heterocycles. The highest BCUT2D eigenvalue weighted by molar-refractivity contribution is 6.28. The van der Waals surface area contributed by atoms with E-state index in [4.69, 9.17) is 16.3 Å². The predicted molar refractivity (Wildman–Crippen MR) is 83.1 cm³/mol. The van der Waals surface area contributed by atoms with Gasteiger partial charge >= 0.3 is 0 Å². The molecule has 21 heavy (non-hydrogen) atoms. The minimum atomic E-state index is 0.226. The summed E-state index contributed by atoms with van der Waals surface area (Å²) in [6, 6.07) is 15.6. The van der Waals surface area contributed by atoms with Gasteiger partial charge in [0.1, 0.15) is 5.75 Å². The summed E-state index contributed by atoms with van der Waals surface area (Å²) >= 11 is 6.01. The van der Waals surface area contributed by atoms with Crippen LogP contribution in [0.25, 0.3) is 17.1 Å². The maximum atomic E-state index is 6.01. The van der Waals surface area contributed by atoms with E-state index < -0.39 is 0 Å². The number of benzene rings is 2. The molecule has 5 heteroatoms. The molecule has 0 fully saturated rings. The lowest BCUT2D eigenvalue weighted by atomic mass is 10.1. The fourth-order valence-electron chi connectivity index (χ4n) is 2.19. The van der Waals surface area contributed by atoms with Gasteiger partial charge in [-0.05, 0) is 48.4 Å². The first-order chi connectivity index (χ1) is 10.2. The zero-order chi connectivity index (χ0) is 14.8. The van der Waals surface area contributed by atoms with Gasteiger partial charge in [0.2, 0.25) is 5.28 Å². The van der Waals surface area contributed by atoms with Crippen LogP contribution in [0.4, 0.5) is 0 Å². The van der Waals surface area contributed by atoms with E-state index in [1.54, 1.807) is 11.8 Å². The number of hydrogen-bond acceptors (Lipinski definition) is 3. The van der Waals surface area contributed by atoms with Gasteiger partial charge in [-0.3, -0.25) is 0 Å². The number of aryl methyl sites for hydroxylation is 1. The number of hydrogen-bond donors (Lipinski definition) is 0. The third kappa shape index (κ3) is 2.62. The van der Waals surface area contributed by atoms with Gasteiger partial charge in [-0.25, -0.2) is 4.68 Å². The highest BCUT2D eigenvalue weighted by atomic mass is 35.5. The van der Waals surface area contributed by atoms with E-state index in [-0.39, 0.29) is 5.28 Å². The van der Waals surface area contributed by atoms with Crippen LogP contribution in [-0.4, -0.2) is 21.9 Å². The second kappa shape index (κ2) is 5.58. The molecule has 0 spiro atoms. The van der Waals surface area contributed by atoms with Gasteiger partial charge in [0.15, 0.2) is 5.82 Å². The molecular formula is C16H14ClN3O. The molecule has 3 aromatic rings. The van der Waals surface area contributed by atoms with Crippen LogP contribution in [0.2, 0.25) is 5.28 Å². The van der Waals surface area contributed by atoms with Crippen LogP contribution in [0.5, 0.6) is 5.75 Å². The van der Waals surface area contributed by atoms with E-state index in [0.717, 1.165) is 28.4 Å². The van der Waals surface area contributed by atoms with E-state index in [0.29, 0.717) is 0 Å². The third-order valence-corrected chi connectivity index (χ3v) is 3.44. The maximum Gasteiger partial charge on any atom is 0.243 e. The van der Waals surface area contributed by atoms with Crippen molar-refractivity contribution in [2.75, 3.05) is 7.11 Å². The Morgan fingerprint density at radius 1 is 1.05 bits per heavy atom. The first-order valence-electron chi connectivity index (χ1n) is 6.52. The molecule has 1 aromatic heterocycles. The summed E-state index contributed by atoms with van der Waals surface area (Å²) in [6.07, 6.45) is 0. The van der Waals surface area contributed by atoms with Crippen molar-refractivity contribution < 1.29 is 4.74 Å². The Hall–Kier alpha value is -2.33. The Balaban J connectivity index is 2.13. The average molecular weight is 300 g/mol. The zero-order valence-corrected chi connectivity index (χ0v) is 12.5. The number of halogens is 1. The first-order valence-corrected chi connectivity index (χ1v) is 6.90. The van der Waals surface area contributed by atoms with Crippen LogP contribution in [-0.2, 0) is 0 Å². The maximum absolute atomic E-state index is 6.01. The number of nitrogens with zero attached hydrogens (tertiary/aromatic N) is 3. The van der Waals surface area contributed by atoms with Crippen molar-refractivity contribution in [2.45, 2.75) is 6.92 Å². The van der Waals surface area contributed by atoms with Gasteiger partial charge in [-0.1, -0.05) is 24.3 Å². The summed E-state index contributed by atoms with van der Waals surface area (Å²) in [4.78, 5) is 4.35. The Labute approximate surface area is 128 Å². The molecule has 0 N–H and O–H groups in total. The van der Waals surface area contributed by atoms with Crippen LogP contribution in [0.3, 0.4) is 0 Å². The lowest BCUT2D eigenvalue weighted by molar-refractivity contribution is 0.414. The van der Waals surface area contributed by atoms with Gasteiger partial charge < -0.3 is 4.74 Å². The fourth-order valence-corrected chi connectivity index (χ4v) is 2.34. The molecule has 2 aromatic carbocycles. The fraction of sp³-hybridized carbons (Fsp3) is 0.125. The van der Waals surface area contributed by atoms with E-state index in [1.807, 2.05) is 55.5 Å². The summed E-state index contributed by atoms with van der Waals surface area (Å²) in [5, 5.41) is 4.51. The third-order valence-electron chi connectivity index (χ3n) is 3.28. The summed E-state index contributed by atoms with van der Waals surface area (Å²) in [7, 11) is 1.64. The van der Waals surface area contributed by atoms with Crippen molar-refractivity contribution in [1.29, 1.82) is 0 Å². The Morgan fingerprint density at radius 2 is 1.76 bits per heavy atom. The van der Waals surface area contributed by atoms with Crippen molar-refractivity contribution >= 4 is 11.6 Å². The first kappa shape index (κ1) is 13.6. The largest absolute Gasteiger partial charge is 0.497 e. The van der Waals surface area contributed by atoms with Gasteiger partial charge in [0, 0.05) is 5.56 Å². The Morgan fingerprint density at radius 3 is 2.43 bits per heavy atom. The van der Waals surface area contributed by atoms with E-state index >= 15 is 0 Å². The Bertz CT molecular complexity index is 765. The number of ether oxygens (including phenoxy) is 1. The molecule has 0 aliphatic carbocycles. The summed E-state index contributed by atoms with van der Waals surface area (Å²) in [5.41, 5.74) is 3.01. The minimum Gasteiger partial charge on any atom is -0.497 e. The molecule has 4 nitrogen and oxygen atoms in total. The molecule has 0 radical (unpaired) electrons. The molecule has 0 aliphatic rings. The molecule has 0 unspecified atom stereocenters. The van der Waals surface area contributed by atoms with Crippen LogP contribution in [0.15, 0.2) is 48.5 Å². The predicted octanol–water partition coefficient (Wildman–Crippen LogP) is 3.90. The van der Waals surface area contributed by atoms with Crippen LogP contribution in [0, 0.1) is 6.92 Å². The molecule has 1 heterocycles. The SMILES string of the molecule is COc1ccc(-n2nc(Cl)nc2-c2ccccc2C)cc1. The van der Waals surface area contributed by atoms with Crippen LogP contribution < -0.4 is 4.74 Å². The molecule has 0 aliphatic heterocycles. The molecule has 0 atom stereocenters. The molecule has 0 bridgehead atoms. The zero-order valence-electron chi connectivity index (χ0n) is 11.7. The lowest BCUT2D eigenvalue weighted by Gasteiger charge is -2.08. The van der Waals surface area contributed by atoms with Gasteiger partial charge in [0.25, 0.3) is 0 Å². The monoisotopic (exact) mass is 299 g/mol. The highest BCUT2D eigenvalue weighted by Crippen LogP contribution is 2.26. The van der Waals surface area contributed by atoms with E-state index in [9.17, 15) is 0 Å². The summed E-state index contributed by atoms with van der Waals surface area (Å²) in [5.74, 6) is 1.52. The van der Waals surface area contributed by atoms with Gasteiger partial charge in [-0.15, -0.1) is 5.10 Å². The van der Waals surface area contributed by atoms with Crippen molar-refractivity contribution in [2.24, 2.45) is 0 Å². The second-order valence-electron chi connectivity index (χ2n) is 4.63. The summed E-state index contributed by atoms with van der Waals surface area (Å²) in [6.45, 7) is 2.04. The van der Waals surface area contributed by atoms with Crippen molar-refractivity contribution in [3.05, 3.63) is 59.4 Å². The minimum absolute atomic E-state index is 0.226. The number of methoxy groups -OCH3 is 1. The van der Waals surface area contributed by atoms with E-state index in [1.165, 1.54) is 0 Å². The smallest absolute Gasteiger partial charge is 0.243 e. The topological polar surface area (TPSA) is 39.9 Å². The van der Waals surface area contributed by atoms with Crippen molar-refractivity contribution in [3.63, 3.8) is 0 Å². The molecular weight excluding hydrogens is 286 g/mol. The van der Waals surface area contributed by atoms with Gasteiger partial charge in [-0.2, -0.15) is 4.98 Å². The quantitative estimate of drug-likeness (QED) is 0.736. The lowest BCUT2D eigenvalue weighted by Crippen LogP contribution is -2.00. The normalized spacial score (nSPS) is 10.6. The second-order valence-corrected chi connectivity index (χ2v) is 4.97. The molecule has 106 valence electrons. The number of rotatable bonds is 3. The van der Waals surface area contributed by atoms with Crippen LogP contribution >= 0.6 is 11.6 Å². The van der Waals surface area contributed by atoms with Gasteiger partial charge in [0.05, 0.1) is 12.8 Å².